The van der Waals surface area contributed by atoms with Crippen LogP contribution in [0, 0.1) is 11.6 Å². The van der Waals surface area contributed by atoms with Gasteiger partial charge in [0.25, 0.3) is 11.8 Å². The van der Waals surface area contributed by atoms with E-state index in [1.54, 1.807) is 0 Å². The summed E-state index contributed by atoms with van der Waals surface area (Å²) in [6.45, 7) is 0.915. The van der Waals surface area contributed by atoms with Gasteiger partial charge in [-0.05, 0) is 44.0 Å². The molecule has 1 aromatic carbocycles. The molecule has 0 aliphatic carbocycles. The van der Waals surface area contributed by atoms with Crippen LogP contribution in [-0.4, -0.2) is 41.8 Å². The minimum atomic E-state index is -4.54. The number of aromatic nitrogens is 1. The number of hydrogen-bond donors (Lipinski definition) is 2. The van der Waals surface area contributed by atoms with Gasteiger partial charge in [0.2, 0.25) is 5.82 Å². The molecule has 1 aliphatic rings. The van der Waals surface area contributed by atoms with Crippen LogP contribution in [0.15, 0.2) is 36.5 Å². The lowest BCUT2D eigenvalue weighted by atomic mass is 10.0. The van der Waals surface area contributed by atoms with Crippen LogP contribution >= 0.6 is 0 Å². The standard InChI is InChI=1S/C13H14F3N3O3.C7H6F2O/c1-12(13(14,15)16)4-2-9(22-12)11(21)19-7-3-5-18-8(6-7)10(17)20;1-10-6-4-2-3-5(8)7(6)9/h3,5-6,9H,2,4H2,1H3,(H2,17,20)(H,18,19,21);2-4H,1H3/t9-,12-;/m1./s1. The summed E-state index contributed by atoms with van der Waals surface area (Å²) in [6, 6.07) is 6.41. The zero-order valence-electron chi connectivity index (χ0n) is 17.0. The largest absolute Gasteiger partial charge is 0.494 e. The number of nitrogens with two attached hydrogens (primary N) is 1. The molecule has 12 heteroatoms. The summed E-state index contributed by atoms with van der Waals surface area (Å²) in [7, 11) is 1.29. The summed E-state index contributed by atoms with van der Waals surface area (Å²) in [5.74, 6) is -3.39. The number of pyridine rings is 1. The highest BCUT2D eigenvalue weighted by Gasteiger charge is 2.57. The molecule has 2 heterocycles. The fourth-order valence-electron chi connectivity index (χ4n) is 2.74. The summed E-state index contributed by atoms with van der Waals surface area (Å²) in [4.78, 5) is 26.7. The van der Waals surface area contributed by atoms with Gasteiger partial charge in [-0.2, -0.15) is 17.6 Å². The molecule has 1 fully saturated rings. The highest BCUT2D eigenvalue weighted by molar-refractivity contribution is 5.96. The van der Waals surface area contributed by atoms with Crippen molar-refractivity contribution in [3.63, 3.8) is 0 Å². The van der Waals surface area contributed by atoms with Crippen LogP contribution in [0.4, 0.5) is 27.6 Å². The van der Waals surface area contributed by atoms with Gasteiger partial charge in [0.1, 0.15) is 11.8 Å². The fraction of sp³-hybridized carbons (Fsp3) is 0.350. The maximum absolute atomic E-state index is 12.8. The molecule has 3 N–H and O–H groups in total. The molecule has 0 bridgehead atoms. The summed E-state index contributed by atoms with van der Waals surface area (Å²) in [5.41, 5.74) is 2.87. The Morgan fingerprint density at radius 3 is 2.50 bits per heavy atom. The third kappa shape index (κ3) is 5.90. The van der Waals surface area contributed by atoms with Gasteiger partial charge in [-0.3, -0.25) is 14.6 Å². The Bertz CT molecular complexity index is 986. The van der Waals surface area contributed by atoms with Crippen molar-refractivity contribution in [2.45, 2.75) is 37.6 Å². The third-order valence-corrected chi connectivity index (χ3v) is 4.59. The normalized spacial score (nSPS) is 20.2. The van der Waals surface area contributed by atoms with Crippen molar-refractivity contribution in [3.05, 3.63) is 53.9 Å². The molecule has 2 atom stereocenters. The predicted octanol–water partition coefficient (Wildman–Crippen LogP) is 3.59. The number of primary amides is 1. The maximum Gasteiger partial charge on any atom is 0.417 e. The van der Waals surface area contributed by atoms with Crippen molar-refractivity contribution < 1.29 is 41.0 Å². The molecular formula is C20H20F5N3O4. The highest BCUT2D eigenvalue weighted by Crippen LogP contribution is 2.43. The molecule has 1 aliphatic heterocycles. The van der Waals surface area contributed by atoms with Gasteiger partial charge >= 0.3 is 6.18 Å². The van der Waals surface area contributed by atoms with E-state index in [4.69, 9.17) is 10.5 Å². The molecule has 3 rings (SSSR count). The summed E-state index contributed by atoms with van der Waals surface area (Å²) in [6.07, 6.45) is -4.84. The second-order valence-electron chi connectivity index (χ2n) is 6.91. The lowest BCUT2D eigenvalue weighted by molar-refractivity contribution is -0.261. The quantitative estimate of drug-likeness (QED) is 0.678. The number of alkyl halides is 3. The van der Waals surface area contributed by atoms with Crippen LogP contribution < -0.4 is 15.8 Å². The molecule has 1 saturated heterocycles. The lowest BCUT2D eigenvalue weighted by Gasteiger charge is -2.27. The average molecular weight is 461 g/mol. The Balaban J connectivity index is 0.000000303. The van der Waals surface area contributed by atoms with E-state index in [2.05, 4.69) is 15.0 Å². The van der Waals surface area contributed by atoms with Crippen LogP contribution in [0.1, 0.15) is 30.3 Å². The molecule has 0 saturated carbocycles. The number of carbonyl (C=O) groups excluding carboxylic acids is 2. The number of rotatable bonds is 4. The first-order chi connectivity index (χ1) is 14.9. The minimum absolute atomic E-state index is 0.0460. The number of carbonyl (C=O) groups is 2. The smallest absolute Gasteiger partial charge is 0.417 e. The Morgan fingerprint density at radius 1 is 1.28 bits per heavy atom. The van der Waals surface area contributed by atoms with Gasteiger partial charge in [-0.25, -0.2) is 4.39 Å². The first-order valence-corrected chi connectivity index (χ1v) is 9.17. The fourth-order valence-corrected chi connectivity index (χ4v) is 2.74. The number of halogens is 5. The average Bonchev–Trinajstić information content (AvgIpc) is 3.14. The number of nitrogens with zero attached hydrogens (tertiary/aromatic N) is 1. The second kappa shape index (κ2) is 9.90. The number of nitrogens with one attached hydrogen (secondary N) is 1. The van der Waals surface area contributed by atoms with Crippen LogP contribution in [-0.2, 0) is 9.53 Å². The van der Waals surface area contributed by atoms with E-state index >= 15 is 0 Å². The van der Waals surface area contributed by atoms with Gasteiger partial charge < -0.3 is 20.5 Å². The topological polar surface area (TPSA) is 104 Å². The van der Waals surface area contributed by atoms with Gasteiger partial charge in [0.15, 0.2) is 17.2 Å². The van der Waals surface area contributed by atoms with E-state index in [1.807, 2.05) is 0 Å². The molecule has 1 aromatic heterocycles. The Hall–Kier alpha value is -3.28. The van der Waals surface area contributed by atoms with E-state index in [9.17, 15) is 31.5 Å². The van der Waals surface area contributed by atoms with E-state index in [0.29, 0.717) is 0 Å². The van der Waals surface area contributed by atoms with Crippen molar-refractivity contribution in [1.82, 2.24) is 4.98 Å². The first kappa shape index (κ1) is 25.0. The van der Waals surface area contributed by atoms with Crippen LogP contribution in [0.5, 0.6) is 5.75 Å². The molecular weight excluding hydrogens is 441 g/mol. The van der Waals surface area contributed by atoms with Crippen molar-refractivity contribution in [2.24, 2.45) is 5.73 Å². The number of ether oxygens (including phenoxy) is 2. The van der Waals surface area contributed by atoms with Gasteiger partial charge in [-0.1, -0.05) is 6.07 Å². The Morgan fingerprint density at radius 2 is 1.97 bits per heavy atom. The number of methoxy groups -OCH3 is 1. The first-order valence-electron chi connectivity index (χ1n) is 9.17. The molecule has 174 valence electrons. The number of benzene rings is 1. The number of amides is 2. The number of hydrogen-bond acceptors (Lipinski definition) is 5. The predicted molar refractivity (Wildman–Crippen MR) is 103 cm³/mol. The summed E-state index contributed by atoms with van der Waals surface area (Å²) >= 11 is 0. The van der Waals surface area contributed by atoms with Crippen molar-refractivity contribution in [1.29, 1.82) is 0 Å². The third-order valence-electron chi connectivity index (χ3n) is 4.59. The second-order valence-corrected chi connectivity index (χ2v) is 6.91. The van der Waals surface area contributed by atoms with E-state index in [-0.39, 0.29) is 30.0 Å². The monoisotopic (exact) mass is 461 g/mol. The molecule has 0 spiro atoms. The van der Waals surface area contributed by atoms with Gasteiger partial charge in [-0.15, -0.1) is 0 Å². The molecule has 2 amide bonds. The van der Waals surface area contributed by atoms with Crippen LogP contribution in [0.2, 0.25) is 0 Å². The summed E-state index contributed by atoms with van der Waals surface area (Å²) < 4.78 is 72.7. The lowest BCUT2D eigenvalue weighted by Crippen LogP contribution is -2.43. The van der Waals surface area contributed by atoms with Crippen molar-refractivity contribution in [2.75, 3.05) is 12.4 Å². The van der Waals surface area contributed by atoms with Gasteiger partial charge in [0, 0.05) is 11.9 Å². The molecule has 0 radical (unpaired) electrons. The summed E-state index contributed by atoms with van der Waals surface area (Å²) in [5, 5.41) is 2.39. The SMILES string of the molecule is COc1cccc(F)c1F.C[C@]1(C(F)(F)F)CC[C@H](C(=O)Nc2ccnc(C(N)=O)c2)O1. The van der Waals surface area contributed by atoms with Crippen molar-refractivity contribution in [3.8, 4) is 5.75 Å². The van der Waals surface area contributed by atoms with Crippen molar-refractivity contribution >= 4 is 17.5 Å². The molecule has 0 unspecified atom stereocenters. The zero-order valence-corrected chi connectivity index (χ0v) is 17.0. The molecule has 32 heavy (non-hydrogen) atoms. The van der Waals surface area contributed by atoms with E-state index < -0.39 is 41.3 Å². The molecule has 2 aromatic rings. The maximum atomic E-state index is 12.8. The highest BCUT2D eigenvalue weighted by atomic mass is 19.4. The molecule has 7 nitrogen and oxygen atoms in total. The Labute approximate surface area is 179 Å². The van der Waals surface area contributed by atoms with Crippen LogP contribution in [0.25, 0.3) is 0 Å². The van der Waals surface area contributed by atoms with E-state index in [0.717, 1.165) is 13.0 Å². The van der Waals surface area contributed by atoms with Crippen LogP contribution in [0.3, 0.4) is 0 Å². The Kier molecular flexibility index (Phi) is 7.73. The zero-order chi connectivity index (χ0) is 24.1. The minimum Gasteiger partial charge on any atom is -0.494 e. The van der Waals surface area contributed by atoms with E-state index in [1.165, 1.54) is 37.6 Å². The van der Waals surface area contributed by atoms with Gasteiger partial charge in [0.05, 0.1) is 7.11 Å². The number of anilines is 1.